The first kappa shape index (κ1) is 25.8. The van der Waals surface area contributed by atoms with E-state index < -0.39 is 0 Å². The number of fused-ring (bicyclic) bond motifs is 1. The molecule has 200 valence electrons. The van der Waals surface area contributed by atoms with E-state index in [0.29, 0.717) is 36.2 Å². The van der Waals surface area contributed by atoms with E-state index in [2.05, 4.69) is 15.5 Å². The molecule has 3 fully saturated rings. The number of piperidine rings is 1. The summed E-state index contributed by atoms with van der Waals surface area (Å²) in [6.45, 7) is 6.75. The van der Waals surface area contributed by atoms with Gasteiger partial charge in [-0.05, 0) is 51.5 Å². The summed E-state index contributed by atoms with van der Waals surface area (Å²) in [4.78, 5) is 44.6. The molecule has 2 saturated heterocycles. The van der Waals surface area contributed by atoms with E-state index in [1.807, 2.05) is 41.0 Å². The van der Waals surface area contributed by atoms with Gasteiger partial charge in [0, 0.05) is 61.9 Å². The summed E-state index contributed by atoms with van der Waals surface area (Å²) >= 11 is 1.43. The highest BCUT2D eigenvalue weighted by atomic mass is 32.1. The number of carbonyl (C=O) groups excluding carboxylic acids is 3. The maximum Gasteiger partial charge on any atom is 0.410 e. The van der Waals surface area contributed by atoms with Crippen molar-refractivity contribution in [2.24, 2.45) is 0 Å². The lowest BCUT2D eigenvalue weighted by Gasteiger charge is -2.42. The zero-order valence-corrected chi connectivity index (χ0v) is 22.4. The van der Waals surface area contributed by atoms with Gasteiger partial charge in [-0.2, -0.15) is 0 Å². The van der Waals surface area contributed by atoms with Gasteiger partial charge in [-0.1, -0.05) is 18.2 Å². The molecule has 0 spiro atoms. The highest BCUT2D eigenvalue weighted by Gasteiger charge is 2.33. The van der Waals surface area contributed by atoms with Gasteiger partial charge in [0.15, 0.2) is 0 Å². The van der Waals surface area contributed by atoms with Gasteiger partial charge in [-0.15, -0.1) is 11.3 Å². The Labute approximate surface area is 222 Å². The van der Waals surface area contributed by atoms with Gasteiger partial charge in [0.05, 0.1) is 5.56 Å². The number of urea groups is 1. The van der Waals surface area contributed by atoms with Crippen molar-refractivity contribution in [3.05, 3.63) is 29.8 Å². The number of thiophene rings is 1. The van der Waals surface area contributed by atoms with Crippen molar-refractivity contribution in [2.45, 2.75) is 57.6 Å². The predicted molar refractivity (Wildman–Crippen MR) is 145 cm³/mol. The number of nitrogens with zero attached hydrogens (tertiary/aromatic N) is 3. The van der Waals surface area contributed by atoms with Crippen LogP contribution in [0.25, 0.3) is 10.1 Å². The number of nitrogens with one attached hydrogen (secondary N) is 2. The Kier molecular flexibility index (Phi) is 8.14. The van der Waals surface area contributed by atoms with Gasteiger partial charge in [-0.25, -0.2) is 9.59 Å². The summed E-state index contributed by atoms with van der Waals surface area (Å²) < 4.78 is 6.67. The molecule has 2 N–H and O–H groups in total. The monoisotopic (exact) mass is 527 g/mol. The van der Waals surface area contributed by atoms with Gasteiger partial charge in [0.1, 0.15) is 11.1 Å². The van der Waals surface area contributed by atoms with Crippen LogP contribution in [0.15, 0.2) is 24.3 Å². The summed E-state index contributed by atoms with van der Waals surface area (Å²) in [5.74, 6) is -0.0339. The second kappa shape index (κ2) is 11.7. The molecule has 37 heavy (non-hydrogen) atoms. The molecule has 4 amide bonds. The van der Waals surface area contributed by atoms with Crippen molar-refractivity contribution < 1.29 is 19.1 Å². The number of piperazine rings is 1. The van der Waals surface area contributed by atoms with Gasteiger partial charge in [-0.3, -0.25) is 15.0 Å². The molecule has 1 aromatic carbocycles. The second-order valence-electron chi connectivity index (χ2n) is 10.1. The number of rotatable bonds is 5. The molecule has 3 heterocycles. The van der Waals surface area contributed by atoms with Crippen molar-refractivity contribution in [1.82, 2.24) is 20.0 Å². The summed E-state index contributed by atoms with van der Waals surface area (Å²) in [5.41, 5.74) is 0.578. The molecule has 5 rings (SSSR count). The molecule has 0 radical (unpaired) electrons. The van der Waals surface area contributed by atoms with Crippen LogP contribution in [0.1, 0.15) is 55.8 Å². The average molecular weight is 528 g/mol. The first-order valence-corrected chi connectivity index (χ1v) is 14.4. The number of likely N-dealkylation sites (tertiary alicyclic amines) is 1. The molecule has 2 aromatic rings. The molecule has 9 nitrogen and oxygen atoms in total. The zero-order valence-electron chi connectivity index (χ0n) is 21.5. The number of amides is 4. The quantitative estimate of drug-likeness (QED) is 0.603. The highest BCUT2D eigenvalue weighted by molar-refractivity contribution is 7.23. The van der Waals surface area contributed by atoms with E-state index >= 15 is 0 Å². The van der Waals surface area contributed by atoms with Crippen LogP contribution >= 0.6 is 11.3 Å². The van der Waals surface area contributed by atoms with E-state index in [4.69, 9.17) is 4.74 Å². The number of hydrogen-bond donors (Lipinski definition) is 2. The SMILES string of the molecule is CCNC(=O)Nc1sc2ccccc2c1C(=O)N1CCN(C2CCN(C(=O)OC3CCCC3)CC2)CC1. The molecule has 1 aliphatic carbocycles. The van der Waals surface area contributed by atoms with Crippen molar-refractivity contribution in [3.63, 3.8) is 0 Å². The Morgan fingerprint density at radius 3 is 2.35 bits per heavy atom. The summed E-state index contributed by atoms with van der Waals surface area (Å²) in [5, 5.41) is 7.10. The summed E-state index contributed by atoms with van der Waals surface area (Å²) in [6.07, 6.45) is 6.12. The van der Waals surface area contributed by atoms with E-state index in [9.17, 15) is 14.4 Å². The number of hydrogen-bond acceptors (Lipinski definition) is 6. The van der Waals surface area contributed by atoms with Crippen molar-refractivity contribution in [2.75, 3.05) is 51.1 Å². The van der Waals surface area contributed by atoms with Crippen LogP contribution in [0.3, 0.4) is 0 Å². The van der Waals surface area contributed by atoms with Gasteiger partial charge < -0.3 is 19.9 Å². The fourth-order valence-electron chi connectivity index (χ4n) is 5.74. The Hall–Kier alpha value is -2.85. The van der Waals surface area contributed by atoms with Crippen LogP contribution in [0, 0.1) is 0 Å². The molecule has 1 saturated carbocycles. The highest BCUT2D eigenvalue weighted by Crippen LogP contribution is 2.37. The van der Waals surface area contributed by atoms with Crippen LogP contribution in [-0.4, -0.2) is 90.7 Å². The van der Waals surface area contributed by atoms with Crippen molar-refractivity contribution >= 4 is 44.5 Å². The second-order valence-corrected chi connectivity index (χ2v) is 11.2. The molecule has 0 bridgehead atoms. The first-order chi connectivity index (χ1) is 18.0. The maximum absolute atomic E-state index is 13.7. The van der Waals surface area contributed by atoms with E-state index in [1.165, 1.54) is 11.3 Å². The molecule has 3 aliphatic rings. The van der Waals surface area contributed by atoms with Crippen LogP contribution < -0.4 is 10.6 Å². The molecule has 0 atom stereocenters. The van der Waals surface area contributed by atoms with Crippen LogP contribution in [0.2, 0.25) is 0 Å². The van der Waals surface area contributed by atoms with E-state index in [1.54, 1.807) is 0 Å². The third-order valence-electron chi connectivity index (χ3n) is 7.78. The Morgan fingerprint density at radius 2 is 1.65 bits per heavy atom. The van der Waals surface area contributed by atoms with Crippen LogP contribution in [-0.2, 0) is 4.74 Å². The summed E-state index contributed by atoms with van der Waals surface area (Å²) in [7, 11) is 0. The standard InChI is InChI=1S/C27H37N5O4S/c1-2-28-26(34)29-24-23(21-9-5-6-10-22(21)37-24)25(33)31-17-15-30(16-18-31)19-11-13-32(14-12-19)27(35)36-20-7-3-4-8-20/h5-6,9-10,19-20H,2-4,7-8,11-18H2,1H3,(H2,28,29,34). The smallest absolute Gasteiger partial charge is 0.410 e. The Balaban J connectivity index is 1.16. The Bertz CT molecular complexity index is 1120. The normalized spacial score (nSPS) is 19.8. The zero-order chi connectivity index (χ0) is 25.8. The van der Waals surface area contributed by atoms with Crippen molar-refractivity contribution in [3.8, 4) is 0 Å². The molecular formula is C27H37N5O4S. The lowest BCUT2D eigenvalue weighted by Crippen LogP contribution is -2.54. The number of carbonyl (C=O) groups is 3. The third-order valence-corrected chi connectivity index (χ3v) is 8.87. The summed E-state index contributed by atoms with van der Waals surface area (Å²) in [6, 6.07) is 7.92. The topological polar surface area (TPSA) is 94.2 Å². The number of ether oxygens (including phenoxy) is 1. The molecule has 10 heteroatoms. The van der Waals surface area contributed by atoms with E-state index in [0.717, 1.165) is 74.8 Å². The maximum atomic E-state index is 13.7. The largest absolute Gasteiger partial charge is 0.446 e. The first-order valence-electron chi connectivity index (χ1n) is 13.6. The van der Waals surface area contributed by atoms with Gasteiger partial charge in [0.2, 0.25) is 0 Å². The fraction of sp³-hybridized carbons (Fsp3) is 0.593. The van der Waals surface area contributed by atoms with Crippen LogP contribution in [0.4, 0.5) is 14.6 Å². The number of benzene rings is 1. The third kappa shape index (κ3) is 5.85. The molecule has 0 unspecified atom stereocenters. The minimum absolute atomic E-state index is 0.0339. The molecular weight excluding hydrogens is 490 g/mol. The minimum Gasteiger partial charge on any atom is -0.446 e. The van der Waals surface area contributed by atoms with Crippen LogP contribution in [0.5, 0.6) is 0 Å². The van der Waals surface area contributed by atoms with Gasteiger partial charge in [0.25, 0.3) is 5.91 Å². The Morgan fingerprint density at radius 1 is 0.946 bits per heavy atom. The average Bonchev–Trinajstić information content (AvgIpc) is 3.56. The van der Waals surface area contributed by atoms with E-state index in [-0.39, 0.29) is 24.1 Å². The lowest BCUT2D eigenvalue weighted by atomic mass is 10.0. The molecule has 1 aromatic heterocycles. The number of anilines is 1. The minimum atomic E-state index is -0.300. The van der Waals surface area contributed by atoms with Gasteiger partial charge >= 0.3 is 12.1 Å². The predicted octanol–water partition coefficient (Wildman–Crippen LogP) is 4.34. The molecule has 2 aliphatic heterocycles. The fourth-order valence-corrected chi connectivity index (χ4v) is 6.83. The lowest BCUT2D eigenvalue weighted by molar-refractivity contribution is 0.0324. The van der Waals surface area contributed by atoms with Crippen molar-refractivity contribution in [1.29, 1.82) is 0 Å².